The fourth-order valence-electron chi connectivity index (χ4n) is 2.75. The lowest BCUT2D eigenvalue weighted by atomic mass is 9.78. The minimum atomic E-state index is 0.296. The quantitative estimate of drug-likeness (QED) is 0.775. The van der Waals surface area contributed by atoms with Gasteiger partial charge in [0.15, 0.2) is 0 Å². The summed E-state index contributed by atoms with van der Waals surface area (Å²) in [5.74, 6) is 1.50. The highest BCUT2D eigenvalue weighted by Crippen LogP contribution is 2.35. The molecule has 22 heavy (non-hydrogen) atoms. The molecule has 6 nitrogen and oxygen atoms in total. The van der Waals surface area contributed by atoms with Crippen molar-refractivity contribution in [3.63, 3.8) is 0 Å². The van der Waals surface area contributed by atoms with Crippen molar-refractivity contribution in [1.29, 1.82) is 0 Å². The average molecular weight is 298 g/mol. The molecule has 1 fully saturated rings. The zero-order valence-electron chi connectivity index (χ0n) is 12.8. The minimum Gasteiger partial charge on any atom is -0.370 e. The van der Waals surface area contributed by atoms with Crippen LogP contribution in [0.4, 0.5) is 11.8 Å². The van der Waals surface area contributed by atoms with E-state index in [2.05, 4.69) is 20.3 Å². The van der Waals surface area contributed by atoms with E-state index in [1.54, 1.807) is 0 Å². The summed E-state index contributed by atoms with van der Waals surface area (Å²) in [6, 6.07) is 8.33. The first-order valence-electron chi connectivity index (χ1n) is 7.66. The SMILES string of the molecule is Cc1cccc(CCNc2cc(C3CC(N)C3)nc(N)n2)n1. The number of aromatic nitrogens is 3. The van der Waals surface area contributed by atoms with Gasteiger partial charge in [0, 0.05) is 42.4 Å². The summed E-state index contributed by atoms with van der Waals surface area (Å²) in [6.07, 6.45) is 2.79. The van der Waals surface area contributed by atoms with Crippen molar-refractivity contribution in [2.24, 2.45) is 5.73 Å². The lowest BCUT2D eigenvalue weighted by molar-refractivity contribution is 0.345. The summed E-state index contributed by atoms with van der Waals surface area (Å²) in [7, 11) is 0. The summed E-state index contributed by atoms with van der Waals surface area (Å²) < 4.78 is 0. The summed E-state index contributed by atoms with van der Waals surface area (Å²) in [5.41, 5.74) is 14.7. The zero-order chi connectivity index (χ0) is 15.5. The van der Waals surface area contributed by atoms with Crippen LogP contribution in [0.2, 0.25) is 0 Å². The Hall–Kier alpha value is -2.21. The highest BCUT2D eigenvalue weighted by atomic mass is 15.1. The number of nitrogen functional groups attached to an aromatic ring is 1. The van der Waals surface area contributed by atoms with E-state index in [1.165, 1.54) is 0 Å². The second-order valence-corrected chi connectivity index (χ2v) is 5.91. The Kier molecular flexibility index (Phi) is 4.20. The number of hydrogen-bond acceptors (Lipinski definition) is 6. The average Bonchev–Trinajstić information content (AvgIpc) is 2.43. The van der Waals surface area contributed by atoms with Crippen LogP contribution < -0.4 is 16.8 Å². The topological polar surface area (TPSA) is 103 Å². The van der Waals surface area contributed by atoms with E-state index in [0.717, 1.165) is 48.7 Å². The standard InChI is InChI=1S/C16H22N6/c1-10-3-2-4-13(20-10)5-6-19-15-9-14(21-16(18)22-15)11-7-12(17)8-11/h2-4,9,11-12H,5-8,17H2,1H3,(H3,18,19,21,22). The van der Waals surface area contributed by atoms with Crippen LogP contribution in [-0.2, 0) is 6.42 Å². The molecule has 1 aliphatic rings. The van der Waals surface area contributed by atoms with Crippen molar-refractivity contribution in [3.8, 4) is 0 Å². The maximum absolute atomic E-state index is 5.84. The molecular formula is C16H22N6. The van der Waals surface area contributed by atoms with Gasteiger partial charge in [0.25, 0.3) is 0 Å². The van der Waals surface area contributed by atoms with Crippen LogP contribution in [0.3, 0.4) is 0 Å². The molecule has 0 amide bonds. The number of aryl methyl sites for hydroxylation is 1. The van der Waals surface area contributed by atoms with Crippen molar-refractivity contribution >= 4 is 11.8 Å². The van der Waals surface area contributed by atoms with Crippen LogP contribution in [0.25, 0.3) is 0 Å². The van der Waals surface area contributed by atoms with Gasteiger partial charge in [-0.15, -0.1) is 0 Å². The minimum absolute atomic E-state index is 0.296. The Bertz CT molecular complexity index is 651. The predicted octanol–water partition coefficient (Wildman–Crippen LogP) is 1.62. The van der Waals surface area contributed by atoms with E-state index < -0.39 is 0 Å². The van der Waals surface area contributed by atoms with Gasteiger partial charge in [-0.05, 0) is 31.9 Å². The molecule has 3 rings (SSSR count). The molecule has 1 saturated carbocycles. The molecule has 2 aromatic heterocycles. The van der Waals surface area contributed by atoms with Crippen LogP contribution in [0.1, 0.15) is 35.8 Å². The fraction of sp³-hybridized carbons (Fsp3) is 0.438. The summed E-state index contributed by atoms with van der Waals surface area (Å²) in [4.78, 5) is 13.1. The Morgan fingerprint density at radius 3 is 2.77 bits per heavy atom. The van der Waals surface area contributed by atoms with E-state index in [9.17, 15) is 0 Å². The molecule has 0 radical (unpaired) electrons. The molecule has 0 spiro atoms. The molecule has 6 heteroatoms. The van der Waals surface area contributed by atoms with Gasteiger partial charge in [-0.3, -0.25) is 4.98 Å². The van der Waals surface area contributed by atoms with Crippen molar-refractivity contribution in [3.05, 3.63) is 41.3 Å². The molecule has 0 bridgehead atoms. The molecule has 0 aliphatic heterocycles. The molecule has 116 valence electrons. The Balaban J connectivity index is 1.60. The molecular weight excluding hydrogens is 276 g/mol. The van der Waals surface area contributed by atoms with Gasteiger partial charge in [0.1, 0.15) is 5.82 Å². The number of nitrogens with two attached hydrogens (primary N) is 2. The third kappa shape index (κ3) is 3.51. The van der Waals surface area contributed by atoms with Gasteiger partial charge in [-0.2, -0.15) is 4.98 Å². The van der Waals surface area contributed by atoms with Crippen LogP contribution in [0, 0.1) is 6.92 Å². The van der Waals surface area contributed by atoms with Gasteiger partial charge in [-0.1, -0.05) is 6.07 Å². The summed E-state index contributed by atoms with van der Waals surface area (Å²) in [5, 5.41) is 3.31. The molecule has 0 atom stereocenters. The second-order valence-electron chi connectivity index (χ2n) is 5.91. The van der Waals surface area contributed by atoms with Gasteiger partial charge < -0.3 is 16.8 Å². The number of rotatable bonds is 5. The number of anilines is 2. The van der Waals surface area contributed by atoms with Gasteiger partial charge in [0.2, 0.25) is 5.95 Å². The first-order valence-corrected chi connectivity index (χ1v) is 7.66. The molecule has 1 aliphatic carbocycles. The fourth-order valence-corrected chi connectivity index (χ4v) is 2.75. The van der Waals surface area contributed by atoms with Gasteiger partial charge in [-0.25, -0.2) is 4.98 Å². The van der Waals surface area contributed by atoms with Crippen molar-refractivity contribution in [1.82, 2.24) is 15.0 Å². The maximum Gasteiger partial charge on any atom is 0.222 e. The monoisotopic (exact) mass is 298 g/mol. The molecule has 0 unspecified atom stereocenters. The van der Waals surface area contributed by atoms with Gasteiger partial charge in [0.05, 0.1) is 5.69 Å². The number of pyridine rings is 1. The van der Waals surface area contributed by atoms with Crippen molar-refractivity contribution in [2.45, 2.75) is 38.1 Å². The molecule has 5 N–H and O–H groups in total. The Labute approximate surface area is 130 Å². The highest BCUT2D eigenvalue weighted by Gasteiger charge is 2.29. The van der Waals surface area contributed by atoms with Crippen LogP contribution >= 0.6 is 0 Å². The van der Waals surface area contributed by atoms with Crippen LogP contribution in [0.5, 0.6) is 0 Å². The Morgan fingerprint density at radius 1 is 1.23 bits per heavy atom. The van der Waals surface area contributed by atoms with E-state index in [1.807, 2.05) is 31.2 Å². The number of hydrogen-bond donors (Lipinski definition) is 3. The van der Waals surface area contributed by atoms with E-state index in [-0.39, 0.29) is 0 Å². The maximum atomic E-state index is 5.84. The van der Waals surface area contributed by atoms with Crippen molar-refractivity contribution < 1.29 is 0 Å². The second kappa shape index (κ2) is 6.27. The van der Waals surface area contributed by atoms with Crippen LogP contribution in [0.15, 0.2) is 24.3 Å². The third-order valence-corrected chi connectivity index (χ3v) is 3.99. The normalized spacial score (nSPS) is 20.5. The number of nitrogens with one attached hydrogen (secondary N) is 1. The van der Waals surface area contributed by atoms with Crippen LogP contribution in [-0.4, -0.2) is 27.5 Å². The largest absolute Gasteiger partial charge is 0.370 e. The van der Waals surface area contributed by atoms with Gasteiger partial charge >= 0.3 is 0 Å². The smallest absolute Gasteiger partial charge is 0.222 e. The van der Waals surface area contributed by atoms with E-state index >= 15 is 0 Å². The van der Waals surface area contributed by atoms with E-state index in [0.29, 0.717) is 17.9 Å². The van der Waals surface area contributed by atoms with E-state index in [4.69, 9.17) is 11.5 Å². The first kappa shape index (κ1) is 14.7. The zero-order valence-corrected chi connectivity index (χ0v) is 12.8. The molecule has 2 aromatic rings. The number of nitrogens with zero attached hydrogens (tertiary/aromatic N) is 3. The summed E-state index contributed by atoms with van der Waals surface area (Å²) in [6.45, 7) is 2.76. The highest BCUT2D eigenvalue weighted by molar-refractivity contribution is 5.42. The Morgan fingerprint density at radius 2 is 2.05 bits per heavy atom. The lowest BCUT2D eigenvalue weighted by Crippen LogP contribution is -2.35. The van der Waals surface area contributed by atoms with Crippen molar-refractivity contribution in [2.75, 3.05) is 17.6 Å². The third-order valence-electron chi connectivity index (χ3n) is 3.99. The molecule has 0 saturated heterocycles. The molecule has 2 heterocycles. The first-order chi connectivity index (χ1) is 10.6. The molecule has 0 aromatic carbocycles. The summed E-state index contributed by atoms with van der Waals surface area (Å²) >= 11 is 0. The lowest BCUT2D eigenvalue weighted by Gasteiger charge is -2.32. The predicted molar refractivity (Wildman–Crippen MR) is 87.6 cm³/mol.